The summed E-state index contributed by atoms with van der Waals surface area (Å²) in [6, 6.07) is 0. The molecular weight excluding hydrogens is 387 g/mol. The summed E-state index contributed by atoms with van der Waals surface area (Å²) in [5, 5.41) is 0. The third-order valence-corrected chi connectivity index (χ3v) is 4.81. The molecule has 0 spiro atoms. The van der Waals surface area contributed by atoms with E-state index in [9.17, 15) is 48.5 Å². The molecule has 14 heteroatoms. The fourth-order valence-electron chi connectivity index (χ4n) is 1.19. The van der Waals surface area contributed by atoms with E-state index < -0.39 is 31.0 Å². The minimum absolute atomic E-state index is 1.19. The third-order valence-electron chi connectivity index (χ3n) is 2.79. The highest BCUT2D eigenvalue weighted by atomic mass is 31.2. The van der Waals surface area contributed by atoms with Gasteiger partial charge in [-0.2, -0.15) is 43.9 Å². The maximum Gasteiger partial charge on any atom is 0.463 e. The van der Waals surface area contributed by atoms with Crippen LogP contribution in [0.5, 0.6) is 0 Å². The average Bonchev–Trinajstić information content (AvgIpc) is 2.38. The monoisotopic (exact) mass is 403 g/mol. The van der Waals surface area contributed by atoms with Gasteiger partial charge >= 0.3 is 31.0 Å². The van der Waals surface area contributed by atoms with Crippen molar-refractivity contribution in [3.05, 3.63) is 0 Å². The van der Waals surface area contributed by atoms with Crippen LogP contribution < -0.4 is 0 Å². The maximum atomic E-state index is 12.1. The van der Waals surface area contributed by atoms with Crippen LogP contribution in [0.3, 0.4) is 0 Å². The van der Waals surface area contributed by atoms with Crippen molar-refractivity contribution in [1.29, 1.82) is 0 Å². The molecule has 0 aromatic carbocycles. The summed E-state index contributed by atoms with van der Waals surface area (Å²) >= 11 is 0. The number of hydrogen-bond acceptors (Lipinski definition) is 2. The van der Waals surface area contributed by atoms with Crippen LogP contribution in [0.25, 0.3) is 0 Å². The number of nitrogens with zero attached hydrogens (tertiary/aromatic N) is 1. The van der Waals surface area contributed by atoms with Crippen LogP contribution >= 0.6 is 7.37 Å². The molecule has 0 saturated heterocycles. The largest absolute Gasteiger partial charge is 0.463 e. The van der Waals surface area contributed by atoms with Crippen molar-refractivity contribution in [3.63, 3.8) is 0 Å². The molecule has 0 radical (unpaired) electrons. The molecule has 0 rings (SSSR count). The Balaban J connectivity index is 0. The van der Waals surface area contributed by atoms with Crippen LogP contribution in [0, 0.1) is 0 Å². The van der Waals surface area contributed by atoms with Gasteiger partial charge in [-0.15, -0.1) is 0 Å². The van der Waals surface area contributed by atoms with E-state index in [1.165, 1.54) is 19.6 Å². The van der Waals surface area contributed by atoms with Crippen molar-refractivity contribution in [3.8, 4) is 0 Å². The zero-order valence-corrected chi connectivity index (χ0v) is 13.5. The Kier molecular flexibility index (Phi) is 8.80. The SMILES string of the molecule is CCN(CC)CC.O=P(O)(C(F)(F)C(F)(F)F)C(F)(F)C(F)(F)F. The third kappa shape index (κ3) is 5.22. The lowest BCUT2D eigenvalue weighted by Gasteiger charge is -2.30. The van der Waals surface area contributed by atoms with Crippen LogP contribution in [-0.4, -0.2) is 53.1 Å². The van der Waals surface area contributed by atoms with Gasteiger partial charge in [-0.3, -0.25) is 4.57 Å². The molecule has 148 valence electrons. The summed E-state index contributed by atoms with van der Waals surface area (Å²) in [5.74, 6) is 0. The molecule has 0 saturated carbocycles. The first-order valence-electron chi connectivity index (χ1n) is 6.29. The first-order chi connectivity index (χ1) is 10.3. The van der Waals surface area contributed by atoms with E-state index in [0.29, 0.717) is 0 Å². The summed E-state index contributed by atoms with van der Waals surface area (Å²) in [6.07, 6.45) is -14.0. The molecule has 0 amide bonds. The van der Waals surface area contributed by atoms with Crippen molar-refractivity contribution in [2.75, 3.05) is 19.6 Å². The van der Waals surface area contributed by atoms with Gasteiger partial charge < -0.3 is 9.79 Å². The van der Waals surface area contributed by atoms with Crippen molar-refractivity contribution in [2.24, 2.45) is 0 Å². The molecule has 0 aliphatic carbocycles. The van der Waals surface area contributed by atoms with E-state index >= 15 is 0 Å². The summed E-state index contributed by atoms with van der Waals surface area (Å²) < 4.78 is 127. The molecule has 1 N–H and O–H groups in total. The fraction of sp³-hybridized carbons (Fsp3) is 1.00. The lowest BCUT2D eigenvalue weighted by Crippen LogP contribution is -2.47. The van der Waals surface area contributed by atoms with Gasteiger partial charge in [-0.1, -0.05) is 20.8 Å². The van der Waals surface area contributed by atoms with Crippen LogP contribution in [0.4, 0.5) is 43.9 Å². The second-order valence-electron chi connectivity index (χ2n) is 4.27. The highest BCUT2D eigenvalue weighted by Crippen LogP contribution is 2.74. The first-order valence-corrected chi connectivity index (χ1v) is 7.95. The van der Waals surface area contributed by atoms with Gasteiger partial charge in [-0.25, -0.2) is 0 Å². The first kappa shape index (κ1) is 25.7. The molecule has 0 aromatic rings. The Morgan fingerprint density at radius 1 is 0.708 bits per heavy atom. The molecule has 0 aliphatic heterocycles. The van der Waals surface area contributed by atoms with Crippen molar-refractivity contribution < 1.29 is 53.4 Å². The van der Waals surface area contributed by atoms with E-state index in [0.717, 1.165) is 0 Å². The number of alkyl halides is 10. The molecule has 24 heavy (non-hydrogen) atoms. The molecule has 0 aromatic heterocycles. The summed E-state index contributed by atoms with van der Waals surface area (Å²) in [7, 11) is -8.26. The predicted octanol–water partition coefficient (Wildman–Crippen LogP) is 4.92. The second kappa shape index (κ2) is 8.22. The van der Waals surface area contributed by atoms with E-state index in [4.69, 9.17) is 4.89 Å². The Morgan fingerprint density at radius 3 is 1.00 bits per heavy atom. The van der Waals surface area contributed by atoms with Crippen LogP contribution in [0.2, 0.25) is 0 Å². The van der Waals surface area contributed by atoms with Gasteiger partial charge in [0, 0.05) is 0 Å². The van der Waals surface area contributed by atoms with Crippen molar-refractivity contribution >= 4 is 7.37 Å². The maximum absolute atomic E-state index is 12.1. The smallest absolute Gasteiger partial charge is 0.336 e. The zero-order valence-electron chi connectivity index (χ0n) is 12.7. The number of halogens is 10. The fourth-order valence-corrected chi connectivity index (χ4v) is 2.23. The number of rotatable bonds is 5. The quantitative estimate of drug-likeness (QED) is 0.524. The van der Waals surface area contributed by atoms with Gasteiger partial charge in [0.2, 0.25) is 0 Å². The molecule has 3 nitrogen and oxygen atoms in total. The Labute approximate surface area is 131 Å². The van der Waals surface area contributed by atoms with E-state index in [-0.39, 0.29) is 0 Å². The minimum atomic E-state index is -8.26. The molecule has 0 aliphatic rings. The molecule has 0 atom stereocenters. The van der Waals surface area contributed by atoms with Gasteiger partial charge in [0.25, 0.3) is 0 Å². The second-order valence-corrected chi connectivity index (χ2v) is 6.55. The summed E-state index contributed by atoms with van der Waals surface area (Å²) in [6.45, 7) is 10.1. The standard InChI is InChI=1S/C6H15N.C4HF10O2P/c1-4-7(5-2)6-3;5-1(6,7)3(11,12)17(15,16)4(13,14)2(8,9)10/h4-6H2,1-3H3;(H,15,16). The predicted molar refractivity (Wildman–Crippen MR) is 65.3 cm³/mol. The minimum Gasteiger partial charge on any atom is -0.336 e. The Bertz CT molecular complexity index is 395. The van der Waals surface area contributed by atoms with E-state index in [1.54, 1.807) is 0 Å². The summed E-state index contributed by atoms with van der Waals surface area (Å²) in [4.78, 5) is 10.2. The van der Waals surface area contributed by atoms with E-state index in [1.807, 2.05) is 0 Å². The average molecular weight is 403 g/mol. The zero-order chi connectivity index (χ0) is 20.2. The molecule has 0 heterocycles. The van der Waals surface area contributed by atoms with Crippen LogP contribution in [0.1, 0.15) is 20.8 Å². The molecule has 0 bridgehead atoms. The van der Waals surface area contributed by atoms with Gasteiger partial charge in [0.05, 0.1) is 0 Å². The lowest BCUT2D eigenvalue weighted by atomic mass is 10.5. The Hall–Kier alpha value is -0.550. The molecule has 0 unspecified atom stereocenters. The normalized spacial score (nSPS) is 14.5. The molecule has 0 fully saturated rings. The lowest BCUT2D eigenvalue weighted by molar-refractivity contribution is -0.270. The molecular formula is C10H16F10NO2P. The van der Waals surface area contributed by atoms with Crippen molar-refractivity contribution in [2.45, 2.75) is 44.5 Å². The van der Waals surface area contributed by atoms with E-state index in [2.05, 4.69) is 25.7 Å². The van der Waals surface area contributed by atoms with Crippen LogP contribution in [0.15, 0.2) is 0 Å². The summed E-state index contributed by atoms with van der Waals surface area (Å²) in [5.41, 5.74) is -14.2. The van der Waals surface area contributed by atoms with Gasteiger partial charge in [0.15, 0.2) is 0 Å². The van der Waals surface area contributed by atoms with Crippen LogP contribution in [-0.2, 0) is 4.57 Å². The van der Waals surface area contributed by atoms with Crippen molar-refractivity contribution in [1.82, 2.24) is 4.90 Å². The van der Waals surface area contributed by atoms with Gasteiger partial charge in [-0.05, 0) is 19.6 Å². The van der Waals surface area contributed by atoms with Gasteiger partial charge in [0.1, 0.15) is 0 Å². The topological polar surface area (TPSA) is 40.5 Å². The number of hydrogen-bond donors (Lipinski definition) is 1. The Morgan fingerprint density at radius 2 is 0.917 bits per heavy atom. The highest BCUT2D eigenvalue weighted by molar-refractivity contribution is 7.60. The highest BCUT2D eigenvalue weighted by Gasteiger charge is 2.83.